The smallest absolute Gasteiger partial charge is 0.139 e. The average molecular weight is 264 g/mol. The Morgan fingerprint density at radius 2 is 2.00 bits per heavy atom. The second-order valence-corrected chi connectivity index (χ2v) is 5.17. The lowest BCUT2D eigenvalue weighted by atomic mass is 10.0. The summed E-state index contributed by atoms with van der Waals surface area (Å²) in [6.45, 7) is 0.742. The predicted octanol–water partition coefficient (Wildman–Crippen LogP) is 1.52. The minimum absolute atomic E-state index is 0.0417. The Bertz CT molecular complexity index is 439. The van der Waals surface area contributed by atoms with Crippen LogP contribution in [0.3, 0.4) is 0 Å². The number of hydrogen-bond acceptors (Lipinski definition) is 4. The normalized spacial score (nSPS) is 17.2. The third-order valence-electron chi connectivity index (χ3n) is 3.51. The molecule has 1 saturated carbocycles. The van der Waals surface area contributed by atoms with Crippen LogP contribution in [0.4, 0.5) is 0 Å². The number of oxime groups is 1. The van der Waals surface area contributed by atoms with Crippen molar-refractivity contribution in [2.45, 2.75) is 25.7 Å². The van der Waals surface area contributed by atoms with E-state index < -0.39 is 0 Å². The molecule has 1 aromatic carbocycles. The van der Waals surface area contributed by atoms with Crippen LogP contribution in [0, 0.1) is 5.41 Å². The van der Waals surface area contributed by atoms with Crippen molar-refractivity contribution in [2.75, 3.05) is 13.2 Å². The first-order valence-electron chi connectivity index (χ1n) is 6.46. The quantitative estimate of drug-likeness (QED) is 0.301. The van der Waals surface area contributed by atoms with Gasteiger partial charge in [-0.3, -0.25) is 0 Å². The maximum atomic E-state index is 8.84. The average Bonchev–Trinajstić information content (AvgIpc) is 3.18. The highest BCUT2D eigenvalue weighted by molar-refractivity contribution is 5.80. The third kappa shape index (κ3) is 3.86. The van der Waals surface area contributed by atoms with Crippen LogP contribution >= 0.6 is 0 Å². The number of hydrogen-bond donors (Lipinski definition) is 3. The van der Waals surface area contributed by atoms with E-state index in [9.17, 15) is 0 Å². The Kier molecular flexibility index (Phi) is 4.27. The van der Waals surface area contributed by atoms with Gasteiger partial charge in [0.1, 0.15) is 11.6 Å². The van der Waals surface area contributed by atoms with E-state index in [1.807, 2.05) is 24.3 Å². The lowest BCUT2D eigenvalue weighted by molar-refractivity contribution is 0.236. The number of nitrogens with zero attached hydrogens (tertiary/aromatic N) is 1. The molecular formula is C14H20N2O3. The molecule has 5 heteroatoms. The van der Waals surface area contributed by atoms with Gasteiger partial charge in [0, 0.05) is 18.4 Å². The Hall–Kier alpha value is -1.75. The number of rotatable bonds is 7. The van der Waals surface area contributed by atoms with E-state index in [1.54, 1.807) is 0 Å². The van der Waals surface area contributed by atoms with E-state index in [2.05, 4.69) is 5.16 Å². The predicted molar refractivity (Wildman–Crippen MR) is 72.4 cm³/mol. The van der Waals surface area contributed by atoms with Crippen molar-refractivity contribution < 1.29 is 15.1 Å². The molecular weight excluding hydrogens is 244 g/mol. The zero-order valence-electron chi connectivity index (χ0n) is 10.9. The summed E-state index contributed by atoms with van der Waals surface area (Å²) in [6.07, 6.45) is 3.33. The Labute approximate surface area is 112 Å². The summed E-state index contributed by atoms with van der Waals surface area (Å²) in [4.78, 5) is 0. The van der Waals surface area contributed by atoms with Gasteiger partial charge in [-0.05, 0) is 37.0 Å². The van der Waals surface area contributed by atoms with Gasteiger partial charge in [-0.1, -0.05) is 17.3 Å². The van der Waals surface area contributed by atoms with Gasteiger partial charge in [0.05, 0.1) is 6.61 Å². The molecule has 0 saturated heterocycles. The van der Waals surface area contributed by atoms with Gasteiger partial charge in [0.25, 0.3) is 0 Å². The summed E-state index contributed by atoms with van der Waals surface area (Å²) in [5.74, 6) is 1.08. The third-order valence-corrected chi connectivity index (χ3v) is 3.51. The fourth-order valence-corrected chi connectivity index (χ4v) is 2.09. The van der Waals surface area contributed by atoms with Crippen LogP contribution in [0.25, 0.3) is 0 Å². The van der Waals surface area contributed by atoms with E-state index >= 15 is 0 Å². The molecule has 2 rings (SSSR count). The SMILES string of the molecule is N/C(CC1(COc2ccc(CCO)cc2)CC1)=N/O. The zero-order chi connectivity index (χ0) is 13.7. The Morgan fingerprint density at radius 3 is 2.53 bits per heavy atom. The summed E-state index contributed by atoms with van der Waals surface area (Å²) in [7, 11) is 0. The van der Waals surface area contributed by atoms with E-state index in [0.29, 0.717) is 19.4 Å². The van der Waals surface area contributed by atoms with Gasteiger partial charge in [0.15, 0.2) is 0 Å². The van der Waals surface area contributed by atoms with Crippen LogP contribution in [0.2, 0.25) is 0 Å². The highest BCUT2D eigenvalue weighted by Crippen LogP contribution is 2.48. The van der Waals surface area contributed by atoms with E-state index in [-0.39, 0.29) is 17.9 Å². The molecule has 0 atom stereocenters. The molecule has 0 radical (unpaired) electrons. The lowest BCUT2D eigenvalue weighted by Gasteiger charge is -2.15. The number of ether oxygens (including phenoxy) is 1. The first-order valence-corrected chi connectivity index (χ1v) is 6.46. The van der Waals surface area contributed by atoms with Gasteiger partial charge in [-0.2, -0.15) is 0 Å². The molecule has 1 aromatic rings. The van der Waals surface area contributed by atoms with Crippen molar-refractivity contribution in [2.24, 2.45) is 16.3 Å². The number of nitrogens with two attached hydrogens (primary N) is 1. The van der Waals surface area contributed by atoms with Crippen LogP contribution < -0.4 is 10.5 Å². The van der Waals surface area contributed by atoms with E-state index in [1.165, 1.54) is 0 Å². The number of aliphatic hydroxyl groups is 1. The molecule has 1 aliphatic rings. The highest BCUT2D eigenvalue weighted by atomic mass is 16.5. The Balaban J connectivity index is 1.85. The molecule has 5 nitrogen and oxygen atoms in total. The highest BCUT2D eigenvalue weighted by Gasteiger charge is 2.44. The maximum Gasteiger partial charge on any atom is 0.139 e. The van der Waals surface area contributed by atoms with Crippen LogP contribution in [-0.2, 0) is 6.42 Å². The van der Waals surface area contributed by atoms with Gasteiger partial charge in [-0.25, -0.2) is 0 Å². The van der Waals surface area contributed by atoms with Gasteiger partial charge in [-0.15, -0.1) is 0 Å². The molecule has 0 spiro atoms. The molecule has 19 heavy (non-hydrogen) atoms. The first-order chi connectivity index (χ1) is 9.17. The minimum Gasteiger partial charge on any atom is -0.493 e. The molecule has 4 N–H and O–H groups in total. The summed E-state index contributed by atoms with van der Waals surface area (Å²) >= 11 is 0. The maximum absolute atomic E-state index is 8.84. The number of benzene rings is 1. The first kappa shape index (κ1) is 13.7. The summed E-state index contributed by atoms with van der Waals surface area (Å²) in [6, 6.07) is 7.72. The van der Waals surface area contributed by atoms with Crippen LogP contribution in [0.15, 0.2) is 29.4 Å². The molecule has 104 valence electrons. The minimum atomic E-state index is 0.0417. The van der Waals surface area contributed by atoms with Crippen LogP contribution in [0.5, 0.6) is 5.75 Å². The second-order valence-electron chi connectivity index (χ2n) is 5.17. The van der Waals surface area contributed by atoms with Crippen molar-refractivity contribution in [3.8, 4) is 5.75 Å². The molecule has 0 unspecified atom stereocenters. The van der Waals surface area contributed by atoms with Crippen LogP contribution in [0.1, 0.15) is 24.8 Å². The van der Waals surface area contributed by atoms with E-state index in [4.69, 9.17) is 20.8 Å². The molecule has 1 aliphatic carbocycles. The molecule has 0 heterocycles. The fraction of sp³-hybridized carbons (Fsp3) is 0.500. The van der Waals surface area contributed by atoms with Gasteiger partial charge in [0.2, 0.25) is 0 Å². The standard InChI is InChI=1S/C14H20N2O3/c15-13(16-18)9-14(6-7-14)10-19-12-3-1-11(2-4-12)5-8-17/h1-4,17-18H,5-10H2,(H2,15,16). The van der Waals surface area contributed by atoms with Crippen molar-refractivity contribution in [1.29, 1.82) is 0 Å². The van der Waals surface area contributed by atoms with E-state index in [0.717, 1.165) is 24.2 Å². The fourth-order valence-electron chi connectivity index (χ4n) is 2.09. The zero-order valence-corrected chi connectivity index (χ0v) is 10.9. The number of aliphatic hydroxyl groups excluding tert-OH is 1. The van der Waals surface area contributed by atoms with Crippen molar-refractivity contribution in [1.82, 2.24) is 0 Å². The van der Waals surface area contributed by atoms with Crippen molar-refractivity contribution >= 4 is 5.84 Å². The molecule has 0 bridgehead atoms. The molecule has 0 amide bonds. The van der Waals surface area contributed by atoms with Gasteiger partial charge >= 0.3 is 0 Å². The van der Waals surface area contributed by atoms with Crippen molar-refractivity contribution in [3.63, 3.8) is 0 Å². The second kappa shape index (κ2) is 5.93. The molecule has 0 aliphatic heterocycles. The summed E-state index contributed by atoms with van der Waals surface area (Å²) in [5.41, 5.74) is 6.67. The molecule has 0 aromatic heterocycles. The van der Waals surface area contributed by atoms with Crippen molar-refractivity contribution in [3.05, 3.63) is 29.8 Å². The number of amidine groups is 1. The summed E-state index contributed by atoms with van der Waals surface area (Å²) in [5, 5.41) is 20.4. The lowest BCUT2D eigenvalue weighted by Crippen LogP contribution is -2.22. The van der Waals surface area contributed by atoms with Gasteiger partial charge < -0.3 is 20.8 Å². The largest absolute Gasteiger partial charge is 0.493 e. The molecule has 1 fully saturated rings. The Morgan fingerprint density at radius 1 is 1.32 bits per heavy atom. The van der Waals surface area contributed by atoms with Crippen LogP contribution in [-0.4, -0.2) is 29.4 Å². The monoisotopic (exact) mass is 264 g/mol. The topological polar surface area (TPSA) is 88.1 Å². The summed E-state index contributed by atoms with van der Waals surface area (Å²) < 4.78 is 5.76.